The van der Waals surface area contributed by atoms with Crippen LogP contribution in [0, 0.1) is 0 Å². The Morgan fingerprint density at radius 1 is 1.10 bits per heavy atom. The molecule has 4 nitrogen and oxygen atoms in total. The zero-order valence-electron chi connectivity index (χ0n) is 11.5. The number of carbonyl (C=O) groups excluding carboxylic acids is 1. The first-order chi connectivity index (χ1) is 9.56. The Hall–Kier alpha value is -2.49. The van der Waals surface area contributed by atoms with Crippen LogP contribution in [0.3, 0.4) is 0 Å². The van der Waals surface area contributed by atoms with Crippen LogP contribution in [0.25, 0.3) is 0 Å². The van der Waals surface area contributed by atoms with E-state index >= 15 is 0 Å². The molecule has 104 valence electrons. The van der Waals surface area contributed by atoms with E-state index in [0.29, 0.717) is 17.8 Å². The highest BCUT2D eigenvalue weighted by atomic mass is 16.1. The fraction of sp³-hybridized carbons (Fsp3) is 0.188. The van der Waals surface area contributed by atoms with Gasteiger partial charge in [0.2, 0.25) is 5.91 Å². The third-order valence-electron chi connectivity index (χ3n) is 3.23. The van der Waals surface area contributed by atoms with Crippen molar-refractivity contribution < 1.29 is 4.79 Å². The van der Waals surface area contributed by atoms with Gasteiger partial charge in [-0.15, -0.1) is 0 Å². The van der Waals surface area contributed by atoms with E-state index in [4.69, 9.17) is 11.5 Å². The molecule has 1 unspecified atom stereocenters. The summed E-state index contributed by atoms with van der Waals surface area (Å²) in [6, 6.07) is 14.9. The third-order valence-corrected chi connectivity index (χ3v) is 3.23. The minimum Gasteiger partial charge on any atom is -0.397 e. The van der Waals surface area contributed by atoms with Crippen molar-refractivity contribution in [2.45, 2.75) is 19.3 Å². The van der Waals surface area contributed by atoms with Crippen LogP contribution in [0.15, 0.2) is 48.5 Å². The lowest BCUT2D eigenvalue weighted by Gasteiger charge is -2.13. The van der Waals surface area contributed by atoms with Crippen LogP contribution in [0.2, 0.25) is 0 Å². The summed E-state index contributed by atoms with van der Waals surface area (Å²) >= 11 is 0. The van der Waals surface area contributed by atoms with Crippen molar-refractivity contribution >= 4 is 23.0 Å². The number of hydrogen-bond acceptors (Lipinski definition) is 3. The van der Waals surface area contributed by atoms with Gasteiger partial charge in [-0.05, 0) is 35.7 Å². The Morgan fingerprint density at radius 3 is 2.45 bits per heavy atom. The summed E-state index contributed by atoms with van der Waals surface area (Å²) in [6.45, 7) is 2.00. The molecule has 2 rings (SSSR count). The summed E-state index contributed by atoms with van der Waals surface area (Å²) < 4.78 is 0. The fourth-order valence-corrected chi connectivity index (χ4v) is 2.03. The Kier molecular flexibility index (Phi) is 4.25. The monoisotopic (exact) mass is 269 g/mol. The van der Waals surface area contributed by atoms with Gasteiger partial charge in [-0.25, -0.2) is 0 Å². The van der Waals surface area contributed by atoms with Crippen LogP contribution in [0.1, 0.15) is 24.8 Å². The van der Waals surface area contributed by atoms with Crippen LogP contribution in [0.5, 0.6) is 0 Å². The summed E-state index contributed by atoms with van der Waals surface area (Å²) in [4.78, 5) is 12.0. The number of nitrogens with two attached hydrogens (primary N) is 2. The van der Waals surface area contributed by atoms with E-state index in [2.05, 4.69) is 5.32 Å². The summed E-state index contributed by atoms with van der Waals surface area (Å²) in [5.74, 6) is 0.0701. The van der Waals surface area contributed by atoms with Crippen LogP contribution in [-0.4, -0.2) is 5.91 Å². The number of carbonyl (C=O) groups is 1. The molecule has 2 aromatic rings. The highest BCUT2D eigenvalue weighted by Crippen LogP contribution is 2.25. The Bertz CT molecular complexity index is 596. The van der Waals surface area contributed by atoms with Crippen molar-refractivity contribution in [1.29, 1.82) is 0 Å². The molecule has 0 heterocycles. The standard InChI is InChI=1S/C16H19N3O/c1-11(12-7-8-14(17)15(18)10-12)9-16(20)19-13-5-3-2-4-6-13/h2-8,10-11H,9,17-18H2,1H3,(H,19,20). The quantitative estimate of drug-likeness (QED) is 0.746. The van der Waals surface area contributed by atoms with Crippen LogP contribution in [0.4, 0.5) is 17.1 Å². The summed E-state index contributed by atoms with van der Waals surface area (Å²) in [7, 11) is 0. The van der Waals surface area contributed by atoms with Crippen LogP contribution < -0.4 is 16.8 Å². The first-order valence-corrected chi connectivity index (χ1v) is 6.56. The molecule has 0 bridgehead atoms. The second kappa shape index (κ2) is 6.10. The first kappa shape index (κ1) is 13.9. The van der Waals surface area contributed by atoms with E-state index in [0.717, 1.165) is 11.3 Å². The van der Waals surface area contributed by atoms with Crippen molar-refractivity contribution in [3.63, 3.8) is 0 Å². The lowest BCUT2D eigenvalue weighted by Crippen LogP contribution is -2.14. The lowest BCUT2D eigenvalue weighted by atomic mass is 9.96. The maximum Gasteiger partial charge on any atom is 0.224 e. The Balaban J connectivity index is 1.98. The molecule has 20 heavy (non-hydrogen) atoms. The Labute approximate surface area is 118 Å². The summed E-state index contributed by atoms with van der Waals surface area (Å²) in [6.07, 6.45) is 0.401. The van der Waals surface area contributed by atoms with E-state index in [-0.39, 0.29) is 11.8 Å². The van der Waals surface area contributed by atoms with Gasteiger partial charge < -0.3 is 16.8 Å². The van der Waals surface area contributed by atoms with E-state index in [9.17, 15) is 4.79 Å². The molecule has 2 aromatic carbocycles. The molecule has 1 amide bonds. The molecule has 5 N–H and O–H groups in total. The maximum absolute atomic E-state index is 12.0. The summed E-state index contributed by atoms with van der Waals surface area (Å²) in [5, 5.41) is 2.87. The smallest absolute Gasteiger partial charge is 0.224 e. The van der Waals surface area contributed by atoms with E-state index in [1.807, 2.05) is 49.4 Å². The molecule has 0 saturated carbocycles. The number of anilines is 3. The molecule has 0 aliphatic heterocycles. The fourth-order valence-electron chi connectivity index (χ4n) is 2.03. The van der Waals surface area contributed by atoms with Gasteiger partial charge in [-0.3, -0.25) is 4.79 Å². The molecular weight excluding hydrogens is 250 g/mol. The van der Waals surface area contributed by atoms with Gasteiger partial charge in [0.15, 0.2) is 0 Å². The van der Waals surface area contributed by atoms with E-state index < -0.39 is 0 Å². The number of amides is 1. The van der Waals surface area contributed by atoms with Crippen molar-refractivity contribution in [2.75, 3.05) is 16.8 Å². The minimum atomic E-state index is -0.0147. The van der Waals surface area contributed by atoms with E-state index in [1.165, 1.54) is 0 Å². The largest absolute Gasteiger partial charge is 0.397 e. The number of rotatable bonds is 4. The molecule has 0 aliphatic carbocycles. The topological polar surface area (TPSA) is 81.1 Å². The molecule has 0 aromatic heterocycles. The number of benzene rings is 2. The van der Waals surface area contributed by atoms with E-state index in [1.54, 1.807) is 6.07 Å². The molecule has 4 heteroatoms. The van der Waals surface area contributed by atoms with Gasteiger partial charge in [0.1, 0.15) is 0 Å². The van der Waals surface area contributed by atoms with Gasteiger partial charge in [0.05, 0.1) is 11.4 Å². The maximum atomic E-state index is 12.0. The van der Waals surface area contributed by atoms with Gasteiger partial charge in [0.25, 0.3) is 0 Å². The van der Waals surface area contributed by atoms with Crippen molar-refractivity contribution in [3.05, 3.63) is 54.1 Å². The molecule has 0 aliphatic rings. The average molecular weight is 269 g/mol. The average Bonchev–Trinajstić information content (AvgIpc) is 2.42. The van der Waals surface area contributed by atoms with Gasteiger partial charge in [-0.2, -0.15) is 0 Å². The molecule has 0 fully saturated rings. The first-order valence-electron chi connectivity index (χ1n) is 6.56. The second-order valence-electron chi connectivity index (χ2n) is 4.91. The van der Waals surface area contributed by atoms with Gasteiger partial charge in [0, 0.05) is 12.1 Å². The van der Waals surface area contributed by atoms with Crippen LogP contribution in [-0.2, 0) is 4.79 Å². The predicted octanol–water partition coefficient (Wildman–Crippen LogP) is 2.98. The molecular formula is C16H19N3O. The Morgan fingerprint density at radius 2 is 1.80 bits per heavy atom. The number of hydrogen-bond donors (Lipinski definition) is 3. The van der Waals surface area contributed by atoms with Gasteiger partial charge in [-0.1, -0.05) is 31.2 Å². The number of nitrogens with one attached hydrogen (secondary N) is 1. The SMILES string of the molecule is CC(CC(=O)Nc1ccccc1)c1ccc(N)c(N)c1. The number of para-hydroxylation sites is 1. The normalized spacial score (nSPS) is 11.8. The minimum absolute atomic E-state index is 0.0147. The zero-order valence-corrected chi connectivity index (χ0v) is 11.5. The van der Waals surface area contributed by atoms with Crippen molar-refractivity contribution in [1.82, 2.24) is 0 Å². The number of nitrogen functional groups attached to an aromatic ring is 2. The molecule has 1 atom stereocenters. The highest BCUT2D eigenvalue weighted by molar-refractivity contribution is 5.91. The lowest BCUT2D eigenvalue weighted by molar-refractivity contribution is -0.116. The molecule has 0 spiro atoms. The predicted molar refractivity (Wildman–Crippen MR) is 83.4 cm³/mol. The molecule has 0 saturated heterocycles. The third kappa shape index (κ3) is 3.51. The zero-order chi connectivity index (χ0) is 14.5. The second-order valence-corrected chi connectivity index (χ2v) is 4.91. The highest BCUT2D eigenvalue weighted by Gasteiger charge is 2.12. The van der Waals surface area contributed by atoms with Crippen LogP contribution >= 0.6 is 0 Å². The van der Waals surface area contributed by atoms with Crippen molar-refractivity contribution in [2.24, 2.45) is 0 Å². The van der Waals surface area contributed by atoms with Gasteiger partial charge >= 0.3 is 0 Å². The van der Waals surface area contributed by atoms with Crippen molar-refractivity contribution in [3.8, 4) is 0 Å². The summed E-state index contributed by atoms with van der Waals surface area (Å²) in [5.41, 5.74) is 14.4. The molecule has 0 radical (unpaired) electrons.